The van der Waals surface area contributed by atoms with Crippen LogP contribution in [0.3, 0.4) is 0 Å². The fourth-order valence-corrected chi connectivity index (χ4v) is 2.73. The minimum absolute atomic E-state index is 0.158. The highest BCUT2D eigenvalue weighted by Crippen LogP contribution is 2.29. The lowest BCUT2D eigenvalue weighted by Crippen LogP contribution is -2.46. The van der Waals surface area contributed by atoms with Crippen molar-refractivity contribution < 1.29 is 4.79 Å². The van der Waals surface area contributed by atoms with Crippen LogP contribution < -0.4 is 5.73 Å². The molecule has 0 radical (unpaired) electrons. The second-order valence-corrected chi connectivity index (χ2v) is 5.38. The third-order valence-corrected chi connectivity index (χ3v) is 3.88. The first-order valence-electron chi connectivity index (χ1n) is 5.33. The molecular formula is C11H16N2OS. The molecule has 0 amide bonds. The van der Waals surface area contributed by atoms with Gasteiger partial charge in [0.1, 0.15) is 0 Å². The van der Waals surface area contributed by atoms with Gasteiger partial charge in [0.25, 0.3) is 0 Å². The van der Waals surface area contributed by atoms with E-state index < -0.39 is 5.54 Å². The van der Waals surface area contributed by atoms with E-state index in [0.717, 1.165) is 36.4 Å². The first kappa shape index (κ1) is 10.8. The molecule has 1 fully saturated rings. The lowest BCUT2D eigenvalue weighted by molar-refractivity contribution is -0.123. The van der Waals surface area contributed by atoms with Crippen molar-refractivity contribution in [1.82, 2.24) is 4.98 Å². The number of aryl methyl sites for hydroxylation is 1. The SMILES string of the molecule is Cc1nc(CC(=O)C2(N)CCCC2)cs1. The Balaban J connectivity index is 2.03. The molecule has 2 rings (SSSR count). The quantitative estimate of drug-likeness (QED) is 0.852. The van der Waals surface area contributed by atoms with Crippen molar-refractivity contribution in [2.45, 2.75) is 44.6 Å². The molecule has 0 atom stereocenters. The molecule has 0 saturated heterocycles. The fraction of sp³-hybridized carbons (Fsp3) is 0.636. The van der Waals surface area contributed by atoms with Crippen molar-refractivity contribution in [2.24, 2.45) is 5.73 Å². The number of hydrogen-bond donors (Lipinski definition) is 1. The van der Waals surface area contributed by atoms with Crippen LogP contribution in [0.4, 0.5) is 0 Å². The van der Waals surface area contributed by atoms with Crippen LogP contribution in [-0.4, -0.2) is 16.3 Å². The monoisotopic (exact) mass is 224 g/mol. The number of thiazole rings is 1. The highest BCUT2D eigenvalue weighted by molar-refractivity contribution is 7.09. The Morgan fingerprint density at radius 2 is 2.27 bits per heavy atom. The summed E-state index contributed by atoms with van der Waals surface area (Å²) in [6.07, 6.45) is 4.25. The highest BCUT2D eigenvalue weighted by Gasteiger charge is 2.36. The van der Waals surface area contributed by atoms with Gasteiger partial charge in [0.2, 0.25) is 0 Å². The van der Waals surface area contributed by atoms with Gasteiger partial charge in [-0.3, -0.25) is 4.79 Å². The van der Waals surface area contributed by atoms with Crippen LogP contribution in [-0.2, 0) is 11.2 Å². The maximum absolute atomic E-state index is 12.0. The Kier molecular flexibility index (Phi) is 2.89. The summed E-state index contributed by atoms with van der Waals surface area (Å²) >= 11 is 1.58. The van der Waals surface area contributed by atoms with Gasteiger partial charge in [-0.15, -0.1) is 11.3 Å². The molecule has 1 aromatic rings. The molecule has 1 aliphatic rings. The normalized spacial score (nSPS) is 19.3. The highest BCUT2D eigenvalue weighted by atomic mass is 32.1. The lowest BCUT2D eigenvalue weighted by atomic mass is 9.91. The predicted molar refractivity (Wildman–Crippen MR) is 60.9 cm³/mol. The predicted octanol–water partition coefficient (Wildman–Crippen LogP) is 1.83. The van der Waals surface area contributed by atoms with Gasteiger partial charge >= 0.3 is 0 Å². The molecule has 0 spiro atoms. The van der Waals surface area contributed by atoms with Crippen LogP contribution in [0.25, 0.3) is 0 Å². The molecule has 0 unspecified atom stereocenters. The van der Waals surface area contributed by atoms with E-state index in [1.165, 1.54) is 0 Å². The van der Waals surface area contributed by atoms with Crippen LogP contribution in [0.1, 0.15) is 36.4 Å². The molecular weight excluding hydrogens is 208 g/mol. The van der Waals surface area contributed by atoms with E-state index in [-0.39, 0.29) is 5.78 Å². The van der Waals surface area contributed by atoms with E-state index in [0.29, 0.717) is 6.42 Å². The van der Waals surface area contributed by atoms with E-state index in [4.69, 9.17) is 5.73 Å². The second-order valence-electron chi connectivity index (χ2n) is 4.32. The van der Waals surface area contributed by atoms with Crippen LogP contribution in [0, 0.1) is 6.92 Å². The Hall–Kier alpha value is -0.740. The van der Waals surface area contributed by atoms with Gasteiger partial charge < -0.3 is 5.73 Å². The molecule has 0 aliphatic heterocycles. The van der Waals surface area contributed by atoms with Gasteiger partial charge in [-0.25, -0.2) is 4.98 Å². The van der Waals surface area contributed by atoms with Crippen LogP contribution in [0.15, 0.2) is 5.38 Å². The molecule has 82 valence electrons. The minimum Gasteiger partial charge on any atom is -0.319 e. The number of Topliss-reactive ketones (excluding diaryl/α,β-unsaturated/α-hetero) is 1. The summed E-state index contributed by atoms with van der Waals surface area (Å²) in [5, 5.41) is 2.96. The number of hydrogen-bond acceptors (Lipinski definition) is 4. The van der Waals surface area contributed by atoms with E-state index in [1.54, 1.807) is 11.3 Å². The van der Waals surface area contributed by atoms with E-state index in [2.05, 4.69) is 4.98 Å². The average Bonchev–Trinajstić information content (AvgIpc) is 2.76. The van der Waals surface area contributed by atoms with E-state index >= 15 is 0 Å². The summed E-state index contributed by atoms with van der Waals surface area (Å²) < 4.78 is 0. The molecule has 1 aromatic heterocycles. The third-order valence-electron chi connectivity index (χ3n) is 3.06. The zero-order chi connectivity index (χ0) is 10.9. The molecule has 1 saturated carbocycles. The number of carbonyl (C=O) groups excluding carboxylic acids is 1. The molecule has 0 bridgehead atoms. The number of aromatic nitrogens is 1. The standard InChI is InChI=1S/C11H16N2OS/c1-8-13-9(7-15-8)6-10(14)11(12)4-2-3-5-11/h7H,2-6,12H2,1H3. The van der Waals surface area contributed by atoms with Crippen molar-refractivity contribution in [1.29, 1.82) is 0 Å². The first-order chi connectivity index (χ1) is 7.10. The fourth-order valence-electron chi connectivity index (χ4n) is 2.11. The third kappa shape index (κ3) is 2.26. The summed E-state index contributed by atoms with van der Waals surface area (Å²) in [4.78, 5) is 16.3. The zero-order valence-electron chi connectivity index (χ0n) is 8.95. The van der Waals surface area contributed by atoms with Crippen molar-refractivity contribution in [2.75, 3.05) is 0 Å². The van der Waals surface area contributed by atoms with Gasteiger partial charge in [0.05, 0.1) is 22.7 Å². The van der Waals surface area contributed by atoms with E-state index in [9.17, 15) is 4.79 Å². The molecule has 2 N–H and O–H groups in total. The van der Waals surface area contributed by atoms with Crippen molar-refractivity contribution >= 4 is 17.1 Å². The van der Waals surface area contributed by atoms with Gasteiger partial charge in [0.15, 0.2) is 5.78 Å². The maximum Gasteiger partial charge on any atom is 0.158 e. The molecule has 3 nitrogen and oxygen atoms in total. The Morgan fingerprint density at radius 1 is 1.60 bits per heavy atom. The number of carbonyl (C=O) groups is 1. The molecule has 15 heavy (non-hydrogen) atoms. The van der Waals surface area contributed by atoms with Crippen LogP contribution >= 0.6 is 11.3 Å². The topological polar surface area (TPSA) is 56.0 Å². The summed E-state index contributed by atoms with van der Waals surface area (Å²) in [5.41, 5.74) is 6.40. The molecule has 1 aliphatic carbocycles. The number of rotatable bonds is 3. The van der Waals surface area contributed by atoms with Crippen molar-refractivity contribution in [3.63, 3.8) is 0 Å². The number of ketones is 1. The summed E-state index contributed by atoms with van der Waals surface area (Å²) in [7, 11) is 0. The van der Waals surface area contributed by atoms with Crippen LogP contribution in [0.2, 0.25) is 0 Å². The smallest absolute Gasteiger partial charge is 0.158 e. The minimum atomic E-state index is -0.558. The lowest BCUT2D eigenvalue weighted by Gasteiger charge is -2.20. The largest absolute Gasteiger partial charge is 0.319 e. The number of nitrogens with two attached hydrogens (primary N) is 1. The van der Waals surface area contributed by atoms with Gasteiger partial charge in [-0.1, -0.05) is 12.8 Å². The van der Waals surface area contributed by atoms with E-state index in [1.807, 2.05) is 12.3 Å². The molecule has 1 heterocycles. The van der Waals surface area contributed by atoms with Gasteiger partial charge in [-0.2, -0.15) is 0 Å². The second kappa shape index (κ2) is 4.02. The van der Waals surface area contributed by atoms with Crippen molar-refractivity contribution in [3.05, 3.63) is 16.1 Å². The first-order valence-corrected chi connectivity index (χ1v) is 6.21. The van der Waals surface area contributed by atoms with Crippen LogP contribution in [0.5, 0.6) is 0 Å². The average molecular weight is 224 g/mol. The van der Waals surface area contributed by atoms with Gasteiger partial charge in [0, 0.05) is 5.38 Å². The molecule has 0 aromatic carbocycles. The zero-order valence-corrected chi connectivity index (χ0v) is 9.77. The maximum atomic E-state index is 12.0. The van der Waals surface area contributed by atoms with Gasteiger partial charge in [-0.05, 0) is 19.8 Å². The summed E-state index contributed by atoms with van der Waals surface area (Å²) in [5.74, 6) is 0.158. The Bertz CT molecular complexity index is 366. The summed E-state index contributed by atoms with van der Waals surface area (Å²) in [6.45, 7) is 1.95. The summed E-state index contributed by atoms with van der Waals surface area (Å²) in [6, 6.07) is 0. The number of nitrogens with zero attached hydrogens (tertiary/aromatic N) is 1. The Morgan fingerprint density at radius 3 is 2.80 bits per heavy atom. The molecule has 4 heteroatoms. The van der Waals surface area contributed by atoms with Crippen molar-refractivity contribution in [3.8, 4) is 0 Å². The Labute approximate surface area is 93.7 Å².